The first-order valence-corrected chi connectivity index (χ1v) is 10.1. The van der Waals surface area contributed by atoms with E-state index in [2.05, 4.69) is 4.98 Å². The maximum atomic E-state index is 12.8. The van der Waals surface area contributed by atoms with E-state index in [0.29, 0.717) is 32.3 Å². The molecule has 31 heavy (non-hydrogen) atoms. The number of hydrogen-bond acceptors (Lipinski definition) is 2. The summed E-state index contributed by atoms with van der Waals surface area (Å²) in [6.07, 6.45) is -4.35. The molecule has 3 aromatic carbocycles. The molecule has 0 fully saturated rings. The highest BCUT2D eigenvalue weighted by Crippen LogP contribution is 2.40. The van der Waals surface area contributed by atoms with Gasteiger partial charge in [-0.3, -0.25) is 4.98 Å². The highest BCUT2D eigenvalue weighted by atomic mass is 35.5. The molecule has 0 unspecified atom stereocenters. The van der Waals surface area contributed by atoms with Crippen LogP contribution in [0.5, 0.6) is 5.75 Å². The van der Waals surface area contributed by atoms with Gasteiger partial charge in [0.05, 0.1) is 28.2 Å². The van der Waals surface area contributed by atoms with Gasteiger partial charge in [-0.15, -0.1) is 0 Å². The molecular formula is C24H16Cl2F3NO. The van der Waals surface area contributed by atoms with Crippen molar-refractivity contribution in [2.24, 2.45) is 0 Å². The number of nitrogens with zero attached hydrogens (tertiary/aromatic N) is 1. The number of hydrogen-bond donors (Lipinski definition) is 0. The van der Waals surface area contributed by atoms with Gasteiger partial charge in [0.25, 0.3) is 0 Å². The Morgan fingerprint density at radius 1 is 0.839 bits per heavy atom. The van der Waals surface area contributed by atoms with Crippen LogP contribution in [0.4, 0.5) is 13.2 Å². The second-order valence-electron chi connectivity index (χ2n) is 7.04. The summed E-state index contributed by atoms with van der Waals surface area (Å²) in [5, 5.41) is 1.67. The molecule has 7 heteroatoms. The van der Waals surface area contributed by atoms with Crippen LogP contribution < -0.4 is 4.74 Å². The summed E-state index contributed by atoms with van der Waals surface area (Å²) in [7, 11) is 1.54. The predicted molar refractivity (Wildman–Crippen MR) is 119 cm³/mol. The molecule has 0 amide bonds. The number of benzene rings is 3. The summed E-state index contributed by atoms with van der Waals surface area (Å²) in [6.45, 7) is 1.87. The number of aromatic nitrogens is 1. The summed E-state index contributed by atoms with van der Waals surface area (Å²) < 4.78 is 43.6. The van der Waals surface area contributed by atoms with Crippen LogP contribution in [0.25, 0.3) is 33.2 Å². The summed E-state index contributed by atoms with van der Waals surface area (Å²) in [5.74, 6) is 0.519. The van der Waals surface area contributed by atoms with Crippen LogP contribution in [0.2, 0.25) is 10.0 Å². The van der Waals surface area contributed by atoms with E-state index in [-0.39, 0.29) is 0 Å². The smallest absolute Gasteiger partial charge is 0.416 e. The third kappa shape index (κ3) is 4.08. The van der Waals surface area contributed by atoms with Crippen molar-refractivity contribution in [2.75, 3.05) is 7.11 Å². The second kappa shape index (κ2) is 8.06. The monoisotopic (exact) mass is 461 g/mol. The second-order valence-corrected chi connectivity index (χ2v) is 7.83. The number of ether oxygens (including phenoxy) is 1. The molecule has 4 aromatic rings. The Hall–Kier alpha value is -2.76. The molecular weight excluding hydrogens is 446 g/mol. The lowest BCUT2D eigenvalue weighted by Crippen LogP contribution is -2.03. The van der Waals surface area contributed by atoms with Crippen LogP contribution in [0.1, 0.15) is 11.3 Å². The Morgan fingerprint density at radius 2 is 1.39 bits per heavy atom. The molecule has 0 N–H and O–H groups in total. The zero-order valence-electron chi connectivity index (χ0n) is 16.5. The lowest BCUT2D eigenvalue weighted by molar-refractivity contribution is -0.137. The molecule has 1 heterocycles. The van der Waals surface area contributed by atoms with E-state index in [0.717, 1.165) is 34.5 Å². The number of rotatable bonds is 3. The lowest BCUT2D eigenvalue weighted by atomic mass is 9.97. The van der Waals surface area contributed by atoms with Crippen molar-refractivity contribution < 1.29 is 17.9 Å². The molecule has 0 aliphatic rings. The molecule has 0 atom stereocenters. The van der Waals surface area contributed by atoms with Crippen molar-refractivity contribution in [3.63, 3.8) is 0 Å². The van der Waals surface area contributed by atoms with Crippen molar-refractivity contribution in [3.8, 4) is 28.0 Å². The zero-order chi connectivity index (χ0) is 22.3. The van der Waals surface area contributed by atoms with Crippen molar-refractivity contribution >= 4 is 34.1 Å². The average Bonchev–Trinajstić information content (AvgIpc) is 2.74. The van der Waals surface area contributed by atoms with Gasteiger partial charge in [0.15, 0.2) is 0 Å². The van der Waals surface area contributed by atoms with Crippen LogP contribution >= 0.6 is 23.2 Å². The van der Waals surface area contributed by atoms with E-state index in [4.69, 9.17) is 27.9 Å². The number of halogens is 5. The maximum Gasteiger partial charge on any atom is 0.416 e. The number of pyridine rings is 1. The molecule has 0 bridgehead atoms. The summed E-state index contributed by atoms with van der Waals surface area (Å²) in [4.78, 5) is 4.65. The minimum Gasteiger partial charge on any atom is -0.495 e. The van der Waals surface area contributed by atoms with Crippen LogP contribution in [-0.4, -0.2) is 12.1 Å². The van der Waals surface area contributed by atoms with E-state index in [9.17, 15) is 13.2 Å². The van der Waals surface area contributed by atoms with E-state index >= 15 is 0 Å². The minimum atomic E-state index is -4.35. The number of alkyl halides is 3. The van der Waals surface area contributed by atoms with Crippen molar-refractivity contribution in [1.82, 2.24) is 4.98 Å². The molecule has 0 spiro atoms. The van der Waals surface area contributed by atoms with Crippen LogP contribution in [-0.2, 0) is 6.18 Å². The molecule has 2 nitrogen and oxygen atoms in total. The van der Waals surface area contributed by atoms with Crippen molar-refractivity contribution in [1.29, 1.82) is 0 Å². The molecule has 0 saturated heterocycles. The Labute approximate surface area is 187 Å². The third-order valence-electron chi connectivity index (χ3n) is 5.10. The fourth-order valence-electron chi connectivity index (χ4n) is 3.51. The summed E-state index contributed by atoms with van der Waals surface area (Å²) in [5.41, 5.74) is 3.85. The fraction of sp³-hybridized carbons (Fsp3) is 0.125. The topological polar surface area (TPSA) is 22.1 Å². The Morgan fingerprint density at radius 3 is 1.94 bits per heavy atom. The van der Waals surface area contributed by atoms with E-state index < -0.39 is 11.7 Å². The van der Waals surface area contributed by atoms with Gasteiger partial charge in [-0.05, 0) is 41.8 Å². The summed E-state index contributed by atoms with van der Waals surface area (Å²) >= 11 is 13.0. The first kappa shape index (κ1) is 21.5. The van der Waals surface area contributed by atoms with Crippen molar-refractivity contribution in [3.05, 3.63) is 82.0 Å². The van der Waals surface area contributed by atoms with Crippen LogP contribution in [0, 0.1) is 6.92 Å². The Bertz CT molecular complexity index is 1270. The van der Waals surface area contributed by atoms with Gasteiger partial charge >= 0.3 is 6.18 Å². The van der Waals surface area contributed by atoms with Gasteiger partial charge in [-0.2, -0.15) is 13.2 Å². The molecule has 0 aliphatic heterocycles. The van der Waals surface area contributed by atoms with Gasteiger partial charge in [0.1, 0.15) is 5.75 Å². The first-order valence-electron chi connectivity index (χ1n) is 9.30. The quantitative estimate of drug-likeness (QED) is 0.306. The molecule has 4 rings (SSSR count). The molecule has 158 valence electrons. The van der Waals surface area contributed by atoms with Gasteiger partial charge in [-0.1, -0.05) is 59.6 Å². The zero-order valence-corrected chi connectivity index (χ0v) is 18.0. The van der Waals surface area contributed by atoms with E-state index in [1.807, 2.05) is 31.2 Å². The highest BCUT2D eigenvalue weighted by molar-refractivity contribution is 6.39. The predicted octanol–water partition coefficient (Wildman–Crippen LogP) is 8.21. The van der Waals surface area contributed by atoms with Crippen LogP contribution in [0.15, 0.2) is 60.7 Å². The standard InChI is InChI=1S/C24H16Cl2F3NO/c1-13-22(23(26)18-11-19(25)21(31-2)12-20(18)30-13)16-5-3-14(4-6-16)15-7-9-17(10-8-15)24(27,28)29/h3-12H,1-2H3. The maximum absolute atomic E-state index is 12.8. The van der Waals surface area contributed by atoms with E-state index in [1.165, 1.54) is 19.2 Å². The average molecular weight is 462 g/mol. The van der Waals surface area contributed by atoms with Gasteiger partial charge in [0, 0.05) is 22.7 Å². The minimum absolute atomic E-state index is 0.436. The number of methoxy groups -OCH3 is 1. The Balaban J connectivity index is 1.74. The van der Waals surface area contributed by atoms with Crippen molar-refractivity contribution in [2.45, 2.75) is 13.1 Å². The normalized spacial score (nSPS) is 11.7. The van der Waals surface area contributed by atoms with Gasteiger partial charge in [-0.25, -0.2) is 0 Å². The summed E-state index contributed by atoms with van der Waals surface area (Å²) in [6, 6.07) is 16.0. The molecule has 0 radical (unpaired) electrons. The first-order chi connectivity index (χ1) is 14.7. The number of aryl methyl sites for hydroxylation is 1. The number of fused-ring (bicyclic) bond motifs is 1. The lowest BCUT2D eigenvalue weighted by Gasteiger charge is -2.14. The molecule has 0 aliphatic carbocycles. The largest absolute Gasteiger partial charge is 0.495 e. The van der Waals surface area contributed by atoms with Gasteiger partial charge in [0.2, 0.25) is 0 Å². The fourth-order valence-corrected chi connectivity index (χ4v) is 4.15. The third-order valence-corrected chi connectivity index (χ3v) is 5.78. The Kier molecular flexibility index (Phi) is 5.58. The molecule has 1 aromatic heterocycles. The van der Waals surface area contributed by atoms with E-state index in [1.54, 1.807) is 12.1 Å². The highest BCUT2D eigenvalue weighted by Gasteiger charge is 2.30. The molecule has 0 saturated carbocycles. The van der Waals surface area contributed by atoms with Gasteiger partial charge < -0.3 is 4.74 Å². The SMILES string of the molecule is COc1cc2nc(C)c(-c3ccc(-c4ccc(C(F)(F)F)cc4)cc3)c(Cl)c2cc1Cl. The van der Waals surface area contributed by atoms with Crippen LogP contribution in [0.3, 0.4) is 0 Å².